The highest BCUT2D eigenvalue weighted by Gasteiger charge is 2.27. The van der Waals surface area contributed by atoms with Crippen molar-refractivity contribution < 1.29 is 9.72 Å². The summed E-state index contributed by atoms with van der Waals surface area (Å²) in [7, 11) is 0. The summed E-state index contributed by atoms with van der Waals surface area (Å²) >= 11 is 0. The SMILES string of the molecule is O=C(NC1CCCCC1)C(CCc1ccccc1)n1[nH]c2ccc([N+](=O)[O-])cc2c1=O. The third-order valence-electron chi connectivity index (χ3n) is 6.02. The molecule has 0 radical (unpaired) electrons. The van der Waals surface area contributed by atoms with Gasteiger partial charge in [0.1, 0.15) is 6.04 Å². The Morgan fingerprint density at radius 1 is 1.16 bits per heavy atom. The van der Waals surface area contributed by atoms with Crippen molar-refractivity contribution >= 4 is 22.5 Å². The molecular formula is C23H26N4O4. The normalized spacial score (nSPS) is 15.6. The number of rotatable bonds is 7. The van der Waals surface area contributed by atoms with E-state index < -0.39 is 16.5 Å². The van der Waals surface area contributed by atoms with Gasteiger partial charge in [0.25, 0.3) is 11.2 Å². The van der Waals surface area contributed by atoms with Gasteiger partial charge in [-0.25, -0.2) is 4.68 Å². The molecule has 1 aliphatic carbocycles. The van der Waals surface area contributed by atoms with Crippen molar-refractivity contribution in [1.82, 2.24) is 15.1 Å². The minimum Gasteiger partial charge on any atom is -0.352 e. The van der Waals surface area contributed by atoms with Crippen molar-refractivity contribution in [2.24, 2.45) is 0 Å². The van der Waals surface area contributed by atoms with E-state index in [2.05, 4.69) is 10.4 Å². The Kier molecular flexibility index (Phi) is 6.16. The number of aromatic amines is 1. The van der Waals surface area contributed by atoms with Crippen LogP contribution in [0, 0.1) is 10.1 Å². The zero-order valence-corrected chi connectivity index (χ0v) is 17.3. The molecule has 0 saturated heterocycles. The maximum absolute atomic E-state index is 13.2. The number of hydrogen-bond acceptors (Lipinski definition) is 4. The van der Waals surface area contributed by atoms with Gasteiger partial charge < -0.3 is 5.32 Å². The van der Waals surface area contributed by atoms with E-state index in [1.807, 2.05) is 30.3 Å². The first kappa shape index (κ1) is 20.8. The molecule has 1 heterocycles. The fraction of sp³-hybridized carbons (Fsp3) is 0.391. The molecule has 1 aromatic heterocycles. The molecule has 2 aromatic carbocycles. The Morgan fingerprint density at radius 2 is 1.90 bits per heavy atom. The number of nitro benzene ring substituents is 1. The Bertz CT molecular complexity index is 1130. The van der Waals surface area contributed by atoms with Crippen LogP contribution in [0.15, 0.2) is 53.3 Å². The molecule has 1 atom stereocenters. The summed E-state index contributed by atoms with van der Waals surface area (Å²) in [5.41, 5.74) is 0.988. The smallest absolute Gasteiger partial charge is 0.275 e. The van der Waals surface area contributed by atoms with E-state index in [4.69, 9.17) is 0 Å². The van der Waals surface area contributed by atoms with E-state index in [1.165, 1.54) is 29.3 Å². The zero-order chi connectivity index (χ0) is 21.8. The monoisotopic (exact) mass is 422 g/mol. The Hall–Kier alpha value is -3.42. The molecule has 0 bridgehead atoms. The van der Waals surface area contributed by atoms with Crippen LogP contribution in [-0.2, 0) is 11.2 Å². The highest BCUT2D eigenvalue weighted by atomic mass is 16.6. The maximum atomic E-state index is 13.2. The van der Waals surface area contributed by atoms with Crippen molar-refractivity contribution in [3.8, 4) is 0 Å². The van der Waals surface area contributed by atoms with Crippen molar-refractivity contribution in [3.63, 3.8) is 0 Å². The number of carbonyl (C=O) groups is 1. The first-order valence-corrected chi connectivity index (χ1v) is 10.8. The van der Waals surface area contributed by atoms with Crippen LogP contribution in [0.25, 0.3) is 10.9 Å². The second-order valence-corrected chi connectivity index (χ2v) is 8.16. The lowest BCUT2D eigenvalue weighted by Crippen LogP contribution is -2.43. The molecular weight excluding hydrogens is 396 g/mol. The molecule has 31 heavy (non-hydrogen) atoms. The number of non-ortho nitro benzene ring substituents is 1. The first-order valence-electron chi connectivity index (χ1n) is 10.8. The van der Waals surface area contributed by atoms with Crippen molar-refractivity contribution in [2.45, 2.75) is 57.0 Å². The van der Waals surface area contributed by atoms with E-state index in [-0.39, 0.29) is 23.0 Å². The van der Waals surface area contributed by atoms with Crippen LogP contribution >= 0.6 is 0 Å². The van der Waals surface area contributed by atoms with E-state index >= 15 is 0 Å². The third-order valence-corrected chi connectivity index (χ3v) is 6.02. The number of fused-ring (bicyclic) bond motifs is 1. The van der Waals surface area contributed by atoms with Crippen LogP contribution in [0.1, 0.15) is 50.1 Å². The molecule has 1 unspecified atom stereocenters. The van der Waals surface area contributed by atoms with Gasteiger partial charge in [-0.2, -0.15) is 0 Å². The summed E-state index contributed by atoms with van der Waals surface area (Å²) in [5.74, 6) is -0.189. The standard InChI is InChI=1S/C23H26N4O4/c28-22(24-17-9-5-2-6-10-17)21(14-11-16-7-3-1-4-8-16)26-23(29)19-15-18(27(30)31)12-13-20(19)25-26/h1,3-4,7-8,12-13,15,17,21,25H,2,5-6,9-11,14H2,(H,24,28). The van der Waals surface area contributed by atoms with Gasteiger partial charge in [-0.05, 0) is 37.3 Å². The van der Waals surface area contributed by atoms with E-state index in [9.17, 15) is 19.7 Å². The summed E-state index contributed by atoms with van der Waals surface area (Å²) in [6.45, 7) is 0. The van der Waals surface area contributed by atoms with Gasteiger partial charge in [0.15, 0.2) is 0 Å². The van der Waals surface area contributed by atoms with Gasteiger partial charge in [0, 0.05) is 18.2 Å². The Morgan fingerprint density at radius 3 is 2.61 bits per heavy atom. The van der Waals surface area contributed by atoms with Crippen molar-refractivity contribution in [3.05, 3.63) is 74.6 Å². The number of nitrogens with one attached hydrogen (secondary N) is 2. The molecule has 1 saturated carbocycles. The van der Waals surface area contributed by atoms with Gasteiger partial charge in [0.2, 0.25) is 5.91 Å². The lowest BCUT2D eigenvalue weighted by Gasteiger charge is -2.26. The Balaban J connectivity index is 1.65. The average molecular weight is 422 g/mol. The molecule has 4 rings (SSSR count). The molecule has 8 nitrogen and oxygen atoms in total. The first-order chi connectivity index (χ1) is 15.0. The number of nitro groups is 1. The van der Waals surface area contributed by atoms with Gasteiger partial charge in [-0.15, -0.1) is 0 Å². The van der Waals surface area contributed by atoms with Gasteiger partial charge >= 0.3 is 0 Å². The highest BCUT2D eigenvalue weighted by molar-refractivity contribution is 5.83. The molecule has 0 spiro atoms. The summed E-state index contributed by atoms with van der Waals surface area (Å²) in [6.07, 6.45) is 6.34. The van der Waals surface area contributed by atoms with Gasteiger partial charge in [-0.1, -0.05) is 49.6 Å². The van der Waals surface area contributed by atoms with Crippen molar-refractivity contribution in [2.75, 3.05) is 0 Å². The number of benzene rings is 2. The predicted octanol–water partition coefficient (Wildman–Crippen LogP) is 3.86. The molecule has 1 fully saturated rings. The third kappa shape index (κ3) is 4.68. The largest absolute Gasteiger partial charge is 0.352 e. The van der Waals surface area contributed by atoms with Crippen LogP contribution in [-0.4, -0.2) is 26.7 Å². The number of aryl methyl sites for hydroxylation is 1. The summed E-state index contributed by atoms with van der Waals surface area (Å²) in [4.78, 5) is 36.9. The topological polar surface area (TPSA) is 110 Å². The number of amides is 1. The second kappa shape index (κ2) is 9.16. The number of H-pyrrole nitrogens is 1. The molecule has 1 aliphatic rings. The lowest BCUT2D eigenvalue weighted by atomic mass is 9.95. The minimum atomic E-state index is -0.721. The van der Waals surface area contributed by atoms with E-state index in [0.29, 0.717) is 18.4 Å². The average Bonchev–Trinajstić information content (AvgIpc) is 3.11. The van der Waals surface area contributed by atoms with Gasteiger partial charge in [0.05, 0.1) is 15.8 Å². The van der Waals surface area contributed by atoms with Gasteiger partial charge in [-0.3, -0.25) is 24.8 Å². The molecule has 1 amide bonds. The second-order valence-electron chi connectivity index (χ2n) is 8.16. The number of carbonyl (C=O) groups excluding carboxylic acids is 1. The van der Waals surface area contributed by atoms with Crippen LogP contribution in [0.3, 0.4) is 0 Å². The minimum absolute atomic E-state index is 0.127. The number of hydrogen-bond donors (Lipinski definition) is 2. The number of aromatic nitrogens is 2. The summed E-state index contributed by atoms with van der Waals surface area (Å²) < 4.78 is 1.33. The predicted molar refractivity (Wildman–Crippen MR) is 118 cm³/mol. The van der Waals surface area contributed by atoms with Crippen LogP contribution in [0.5, 0.6) is 0 Å². The fourth-order valence-electron chi connectivity index (χ4n) is 4.32. The molecule has 8 heteroatoms. The molecule has 3 aromatic rings. The quantitative estimate of drug-likeness (QED) is 0.445. The van der Waals surface area contributed by atoms with E-state index in [1.54, 1.807) is 0 Å². The highest BCUT2D eigenvalue weighted by Crippen LogP contribution is 2.22. The molecule has 0 aliphatic heterocycles. The molecule has 2 N–H and O–H groups in total. The molecule has 162 valence electrons. The lowest BCUT2D eigenvalue weighted by molar-refractivity contribution is -0.384. The van der Waals surface area contributed by atoms with Crippen LogP contribution in [0.2, 0.25) is 0 Å². The van der Waals surface area contributed by atoms with Crippen LogP contribution < -0.4 is 10.9 Å². The summed E-state index contributed by atoms with van der Waals surface area (Å²) in [5, 5.41) is 17.5. The maximum Gasteiger partial charge on any atom is 0.275 e. The number of nitrogens with zero attached hydrogens (tertiary/aromatic N) is 2. The fourth-order valence-corrected chi connectivity index (χ4v) is 4.32. The summed E-state index contributed by atoms with van der Waals surface area (Å²) in [6, 6.07) is 13.3. The van der Waals surface area contributed by atoms with Crippen LogP contribution in [0.4, 0.5) is 5.69 Å². The van der Waals surface area contributed by atoms with E-state index in [0.717, 1.165) is 31.2 Å². The van der Waals surface area contributed by atoms with Crippen molar-refractivity contribution in [1.29, 1.82) is 0 Å². The zero-order valence-electron chi connectivity index (χ0n) is 17.3. The Labute approximate surface area is 179 Å².